The highest BCUT2D eigenvalue weighted by atomic mass is 19.1. The molecule has 4 nitrogen and oxygen atoms in total. The predicted molar refractivity (Wildman–Crippen MR) is 70.5 cm³/mol. The van der Waals surface area contributed by atoms with Crippen LogP contribution in [0.4, 0.5) is 4.39 Å². The molecule has 1 heterocycles. The van der Waals surface area contributed by atoms with Gasteiger partial charge in [-0.2, -0.15) is 0 Å². The summed E-state index contributed by atoms with van der Waals surface area (Å²) in [6.07, 6.45) is 0.953. The molecular weight excluding hydrogens is 247 g/mol. The van der Waals surface area contributed by atoms with Crippen molar-refractivity contribution in [2.24, 2.45) is 0 Å². The zero-order valence-corrected chi connectivity index (χ0v) is 11.3. The van der Waals surface area contributed by atoms with E-state index in [2.05, 4.69) is 5.32 Å². The van der Waals surface area contributed by atoms with Gasteiger partial charge >= 0.3 is 0 Å². The largest absolute Gasteiger partial charge is 0.380 e. The number of carbonyl (C=O) groups is 1. The quantitative estimate of drug-likeness (QED) is 0.896. The topological polar surface area (TPSA) is 41.6 Å². The van der Waals surface area contributed by atoms with Crippen LogP contribution in [-0.4, -0.2) is 44.1 Å². The van der Waals surface area contributed by atoms with Crippen LogP contribution in [0.15, 0.2) is 18.2 Å². The first-order valence-corrected chi connectivity index (χ1v) is 6.38. The number of nitrogens with one attached hydrogen (secondary N) is 1. The van der Waals surface area contributed by atoms with Gasteiger partial charge in [-0.05, 0) is 31.2 Å². The highest BCUT2D eigenvalue weighted by molar-refractivity contribution is 5.94. The Bertz CT molecular complexity index is 459. The first-order valence-electron chi connectivity index (χ1n) is 6.38. The lowest BCUT2D eigenvalue weighted by Crippen LogP contribution is -2.38. The molecule has 0 bridgehead atoms. The Labute approximate surface area is 112 Å². The van der Waals surface area contributed by atoms with Crippen molar-refractivity contribution in [1.82, 2.24) is 10.2 Å². The van der Waals surface area contributed by atoms with E-state index < -0.39 is 0 Å². The number of carbonyl (C=O) groups excluding carboxylic acids is 1. The Morgan fingerprint density at radius 3 is 3.00 bits per heavy atom. The second-order valence-corrected chi connectivity index (χ2v) is 4.80. The summed E-state index contributed by atoms with van der Waals surface area (Å²) < 4.78 is 18.4. The van der Waals surface area contributed by atoms with Gasteiger partial charge in [-0.1, -0.05) is 0 Å². The molecule has 2 rings (SSSR count). The number of rotatable bonds is 4. The van der Waals surface area contributed by atoms with Crippen LogP contribution in [0.1, 0.15) is 22.3 Å². The van der Waals surface area contributed by atoms with Crippen LogP contribution in [0.25, 0.3) is 0 Å². The van der Waals surface area contributed by atoms with Gasteiger partial charge in [0.1, 0.15) is 5.82 Å². The van der Waals surface area contributed by atoms with Gasteiger partial charge in [0, 0.05) is 37.9 Å². The molecule has 0 aromatic heterocycles. The molecule has 1 aromatic rings. The lowest BCUT2D eigenvalue weighted by atomic mass is 10.1. The van der Waals surface area contributed by atoms with E-state index >= 15 is 0 Å². The summed E-state index contributed by atoms with van der Waals surface area (Å²) in [6.45, 7) is 1.91. The number of ether oxygens (including phenoxy) is 1. The summed E-state index contributed by atoms with van der Waals surface area (Å²) >= 11 is 0. The molecule has 1 aromatic carbocycles. The SMILES string of the molecule is COCc1cc(C(=O)N(C)C2CCNC2)ccc1F. The number of likely N-dealkylation sites (N-methyl/N-ethyl adjacent to an activating group) is 1. The van der Waals surface area contributed by atoms with E-state index in [-0.39, 0.29) is 24.4 Å². The Morgan fingerprint density at radius 1 is 1.58 bits per heavy atom. The number of benzene rings is 1. The summed E-state index contributed by atoms with van der Waals surface area (Å²) in [5.41, 5.74) is 0.911. The van der Waals surface area contributed by atoms with Gasteiger partial charge in [-0.25, -0.2) is 4.39 Å². The molecule has 1 aliphatic heterocycles. The molecule has 1 N–H and O–H groups in total. The molecule has 1 fully saturated rings. The van der Waals surface area contributed by atoms with Crippen molar-refractivity contribution in [2.75, 3.05) is 27.2 Å². The minimum atomic E-state index is -0.344. The van der Waals surface area contributed by atoms with Crippen LogP contribution in [0, 0.1) is 5.82 Å². The maximum Gasteiger partial charge on any atom is 0.253 e. The molecule has 1 amide bonds. The number of nitrogens with zero attached hydrogens (tertiary/aromatic N) is 1. The molecule has 1 aliphatic rings. The molecule has 1 atom stereocenters. The Kier molecular flexibility index (Phi) is 4.50. The fraction of sp³-hybridized carbons (Fsp3) is 0.500. The summed E-state index contributed by atoms with van der Waals surface area (Å²) in [4.78, 5) is 14.1. The first-order chi connectivity index (χ1) is 9.13. The average Bonchev–Trinajstić information content (AvgIpc) is 2.94. The predicted octanol–water partition coefficient (Wildman–Crippen LogP) is 1.41. The van der Waals surface area contributed by atoms with Crippen molar-refractivity contribution in [3.05, 3.63) is 35.1 Å². The van der Waals surface area contributed by atoms with E-state index in [1.807, 2.05) is 0 Å². The van der Waals surface area contributed by atoms with Gasteiger partial charge in [0.15, 0.2) is 0 Å². The highest BCUT2D eigenvalue weighted by Crippen LogP contribution is 2.15. The molecule has 19 heavy (non-hydrogen) atoms. The number of hydrogen-bond donors (Lipinski definition) is 1. The van der Waals surface area contributed by atoms with Crippen LogP contribution in [0.5, 0.6) is 0 Å². The zero-order valence-electron chi connectivity index (χ0n) is 11.3. The summed E-state index contributed by atoms with van der Waals surface area (Å²) in [6, 6.07) is 4.63. The van der Waals surface area contributed by atoms with Crippen molar-refractivity contribution in [3.8, 4) is 0 Å². The summed E-state index contributed by atoms with van der Waals surface area (Å²) in [5.74, 6) is -0.422. The van der Waals surface area contributed by atoms with Crippen molar-refractivity contribution < 1.29 is 13.9 Å². The van der Waals surface area contributed by atoms with Crippen LogP contribution >= 0.6 is 0 Å². The van der Waals surface area contributed by atoms with E-state index in [1.165, 1.54) is 19.2 Å². The van der Waals surface area contributed by atoms with Gasteiger partial charge in [0.25, 0.3) is 5.91 Å². The standard InChI is InChI=1S/C14H19FN2O2/c1-17(12-5-6-16-8-12)14(18)10-3-4-13(15)11(7-10)9-19-2/h3-4,7,12,16H,5-6,8-9H2,1-2H3. The van der Waals surface area contributed by atoms with Crippen molar-refractivity contribution >= 4 is 5.91 Å². The third kappa shape index (κ3) is 3.11. The van der Waals surface area contributed by atoms with E-state index in [0.717, 1.165) is 19.5 Å². The van der Waals surface area contributed by atoms with E-state index in [0.29, 0.717) is 11.1 Å². The third-order valence-corrected chi connectivity index (χ3v) is 3.49. The van der Waals surface area contributed by atoms with Gasteiger partial charge in [0.05, 0.1) is 6.61 Å². The fourth-order valence-electron chi connectivity index (χ4n) is 2.31. The third-order valence-electron chi connectivity index (χ3n) is 3.49. The molecule has 1 unspecified atom stereocenters. The smallest absolute Gasteiger partial charge is 0.253 e. The van der Waals surface area contributed by atoms with E-state index in [4.69, 9.17) is 4.74 Å². The molecular formula is C14H19FN2O2. The first kappa shape index (κ1) is 14.0. The van der Waals surface area contributed by atoms with Crippen LogP contribution in [-0.2, 0) is 11.3 Å². The second kappa shape index (κ2) is 6.12. The van der Waals surface area contributed by atoms with E-state index in [1.54, 1.807) is 18.0 Å². The molecule has 0 aliphatic carbocycles. The van der Waals surface area contributed by atoms with Gasteiger partial charge in [-0.3, -0.25) is 4.79 Å². The minimum Gasteiger partial charge on any atom is -0.380 e. The lowest BCUT2D eigenvalue weighted by Gasteiger charge is -2.24. The van der Waals surface area contributed by atoms with Gasteiger partial charge < -0.3 is 15.0 Å². The minimum absolute atomic E-state index is 0.0777. The molecule has 1 saturated heterocycles. The normalized spacial score (nSPS) is 18.6. The molecule has 104 valence electrons. The lowest BCUT2D eigenvalue weighted by molar-refractivity contribution is 0.0743. The van der Waals surface area contributed by atoms with Gasteiger partial charge in [-0.15, -0.1) is 0 Å². The monoisotopic (exact) mass is 266 g/mol. The van der Waals surface area contributed by atoms with Crippen molar-refractivity contribution in [3.63, 3.8) is 0 Å². The van der Waals surface area contributed by atoms with Crippen molar-refractivity contribution in [1.29, 1.82) is 0 Å². The van der Waals surface area contributed by atoms with Crippen LogP contribution in [0.2, 0.25) is 0 Å². The molecule has 0 saturated carbocycles. The average molecular weight is 266 g/mol. The number of hydrogen-bond acceptors (Lipinski definition) is 3. The Balaban J connectivity index is 2.16. The Hall–Kier alpha value is -1.46. The second-order valence-electron chi connectivity index (χ2n) is 4.80. The van der Waals surface area contributed by atoms with Crippen LogP contribution < -0.4 is 5.32 Å². The van der Waals surface area contributed by atoms with Crippen molar-refractivity contribution in [2.45, 2.75) is 19.1 Å². The highest BCUT2D eigenvalue weighted by Gasteiger charge is 2.24. The zero-order chi connectivity index (χ0) is 13.8. The molecule has 0 radical (unpaired) electrons. The number of halogens is 1. The van der Waals surface area contributed by atoms with Crippen LogP contribution in [0.3, 0.4) is 0 Å². The maximum absolute atomic E-state index is 13.5. The number of amides is 1. The summed E-state index contributed by atoms with van der Waals surface area (Å²) in [7, 11) is 3.30. The number of methoxy groups -OCH3 is 1. The van der Waals surface area contributed by atoms with Gasteiger partial charge in [0.2, 0.25) is 0 Å². The molecule has 5 heteroatoms. The Morgan fingerprint density at radius 2 is 2.37 bits per heavy atom. The molecule has 0 spiro atoms. The van der Waals surface area contributed by atoms with E-state index in [9.17, 15) is 9.18 Å². The maximum atomic E-state index is 13.5. The summed E-state index contributed by atoms with van der Waals surface area (Å²) in [5, 5.41) is 3.23. The fourth-order valence-corrected chi connectivity index (χ4v) is 2.31.